The Balaban J connectivity index is 1.67. The van der Waals surface area contributed by atoms with Crippen LogP contribution in [0.5, 0.6) is 5.75 Å². The maximum absolute atomic E-state index is 11.9. The number of amides is 2. The van der Waals surface area contributed by atoms with E-state index in [0.717, 1.165) is 16.7 Å². The fourth-order valence-electron chi connectivity index (χ4n) is 1.98. The van der Waals surface area contributed by atoms with Gasteiger partial charge in [0.05, 0.1) is 18.8 Å². The van der Waals surface area contributed by atoms with Crippen LogP contribution in [0.3, 0.4) is 0 Å². The number of aromatic nitrogens is 2. The summed E-state index contributed by atoms with van der Waals surface area (Å²) in [5, 5.41) is 13.3. The molecule has 0 saturated carbocycles. The van der Waals surface area contributed by atoms with Crippen LogP contribution < -0.4 is 15.4 Å². The SMILES string of the molecule is COc1ccc(NC(=O)Nc2ccc3cn[nH]c3c2)cc1. The summed E-state index contributed by atoms with van der Waals surface area (Å²) in [5.74, 6) is 0.741. The molecule has 1 aromatic heterocycles. The Morgan fingerprint density at radius 3 is 2.57 bits per heavy atom. The van der Waals surface area contributed by atoms with E-state index in [1.807, 2.05) is 18.2 Å². The maximum Gasteiger partial charge on any atom is 0.323 e. The number of methoxy groups -OCH3 is 1. The van der Waals surface area contributed by atoms with E-state index in [1.54, 1.807) is 37.6 Å². The number of aromatic amines is 1. The highest BCUT2D eigenvalue weighted by Gasteiger charge is 2.04. The fourth-order valence-corrected chi connectivity index (χ4v) is 1.98. The molecule has 3 N–H and O–H groups in total. The van der Waals surface area contributed by atoms with Crippen molar-refractivity contribution in [1.82, 2.24) is 10.2 Å². The average molecular weight is 282 g/mol. The third kappa shape index (κ3) is 2.94. The molecule has 3 rings (SSSR count). The third-order valence-corrected chi connectivity index (χ3v) is 3.05. The zero-order chi connectivity index (χ0) is 14.7. The van der Waals surface area contributed by atoms with Gasteiger partial charge in [0.25, 0.3) is 0 Å². The van der Waals surface area contributed by atoms with Crippen LogP contribution in [0.2, 0.25) is 0 Å². The second kappa shape index (κ2) is 5.54. The number of carbonyl (C=O) groups is 1. The van der Waals surface area contributed by atoms with Crippen molar-refractivity contribution in [1.29, 1.82) is 0 Å². The maximum atomic E-state index is 11.9. The highest BCUT2D eigenvalue weighted by Crippen LogP contribution is 2.18. The van der Waals surface area contributed by atoms with Gasteiger partial charge in [0, 0.05) is 16.8 Å². The summed E-state index contributed by atoms with van der Waals surface area (Å²) in [6, 6.07) is 12.4. The average Bonchev–Trinajstić information content (AvgIpc) is 2.95. The standard InChI is InChI=1S/C15H14N4O2/c1-21-13-6-4-11(5-7-13)17-15(20)18-12-3-2-10-9-16-19-14(10)8-12/h2-9H,1H3,(H,16,19)(H2,17,18,20). The van der Waals surface area contributed by atoms with Crippen LogP contribution in [0.4, 0.5) is 16.2 Å². The molecule has 3 aromatic rings. The predicted molar refractivity (Wildman–Crippen MR) is 81.7 cm³/mol. The Hall–Kier alpha value is -3.02. The predicted octanol–water partition coefficient (Wildman–Crippen LogP) is 3.22. The molecule has 0 aliphatic rings. The van der Waals surface area contributed by atoms with E-state index in [-0.39, 0.29) is 6.03 Å². The summed E-state index contributed by atoms with van der Waals surface area (Å²) in [5.41, 5.74) is 2.26. The minimum absolute atomic E-state index is 0.306. The molecule has 0 bridgehead atoms. The van der Waals surface area contributed by atoms with Gasteiger partial charge in [0.2, 0.25) is 0 Å². The van der Waals surface area contributed by atoms with Gasteiger partial charge in [-0.2, -0.15) is 5.10 Å². The summed E-state index contributed by atoms with van der Waals surface area (Å²) in [7, 11) is 1.60. The second-order valence-electron chi connectivity index (χ2n) is 4.48. The van der Waals surface area contributed by atoms with E-state index in [1.165, 1.54) is 0 Å². The van der Waals surface area contributed by atoms with Crippen molar-refractivity contribution in [2.45, 2.75) is 0 Å². The molecule has 1 heterocycles. The molecule has 0 aliphatic carbocycles. The topological polar surface area (TPSA) is 79.0 Å². The molecule has 0 fully saturated rings. The quantitative estimate of drug-likeness (QED) is 0.690. The number of hydrogen-bond donors (Lipinski definition) is 3. The molecule has 2 amide bonds. The highest BCUT2D eigenvalue weighted by atomic mass is 16.5. The Morgan fingerprint density at radius 1 is 1.10 bits per heavy atom. The molecule has 21 heavy (non-hydrogen) atoms. The summed E-state index contributed by atoms with van der Waals surface area (Å²) >= 11 is 0. The molecule has 2 aromatic carbocycles. The molecule has 106 valence electrons. The van der Waals surface area contributed by atoms with Gasteiger partial charge in [-0.15, -0.1) is 0 Å². The smallest absolute Gasteiger partial charge is 0.323 e. The van der Waals surface area contributed by atoms with Crippen LogP contribution in [-0.4, -0.2) is 23.3 Å². The number of anilines is 2. The van der Waals surface area contributed by atoms with E-state index >= 15 is 0 Å². The first-order valence-electron chi connectivity index (χ1n) is 6.40. The first-order valence-corrected chi connectivity index (χ1v) is 6.40. The molecule has 0 aliphatic heterocycles. The summed E-state index contributed by atoms with van der Waals surface area (Å²) < 4.78 is 5.07. The number of benzene rings is 2. The number of nitrogens with one attached hydrogen (secondary N) is 3. The van der Waals surface area contributed by atoms with E-state index in [0.29, 0.717) is 11.4 Å². The lowest BCUT2D eigenvalue weighted by atomic mass is 10.2. The van der Waals surface area contributed by atoms with Gasteiger partial charge in [-0.1, -0.05) is 0 Å². The van der Waals surface area contributed by atoms with Crippen molar-refractivity contribution in [2.75, 3.05) is 17.7 Å². The van der Waals surface area contributed by atoms with Crippen LogP contribution >= 0.6 is 0 Å². The summed E-state index contributed by atoms with van der Waals surface area (Å²) in [4.78, 5) is 11.9. The number of H-pyrrole nitrogens is 1. The lowest BCUT2D eigenvalue weighted by Gasteiger charge is -2.08. The minimum atomic E-state index is -0.306. The lowest BCUT2D eigenvalue weighted by Crippen LogP contribution is -2.19. The van der Waals surface area contributed by atoms with E-state index in [2.05, 4.69) is 20.8 Å². The molecule has 0 saturated heterocycles. The number of ether oxygens (including phenoxy) is 1. The number of urea groups is 1. The van der Waals surface area contributed by atoms with Gasteiger partial charge < -0.3 is 15.4 Å². The van der Waals surface area contributed by atoms with Crippen molar-refractivity contribution < 1.29 is 9.53 Å². The van der Waals surface area contributed by atoms with Crippen LogP contribution in [0.25, 0.3) is 10.9 Å². The van der Waals surface area contributed by atoms with Crippen molar-refractivity contribution in [2.24, 2.45) is 0 Å². The number of rotatable bonds is 3. The molecule has 0 unspecified atom stereocenters. The Bertz CT molecular complexity index is 765. The third-order valence-electron chi connectivity index (χ3n) is 3.05. The summed E-state index contributed by atoms with van der Waals surface area (Å²) in [6.07, 6.45) is 1.73. The van der Waals surface area contributed by atoms with Crippen molar-refractivity contribution in [3.63, 3.8) is 0 Å². The Labute approximate surface area is 121 Å². The molecule has 6 heteroatoms. The number of carbonyl (C=O) groups excluding carboxylic acids is 1. The molecule has 0 atom stereocenters. The van der Waals surface area contributed by atoms with Gasteiger partial charge in [-0.25, -0.2) is 4.79 Å². The van der Waals surface area contributed by atoms with Crippen molar-refractivity contribution in [3.8, 4) is 5.75 Å². The first-order chi connectivity index (χ1) is 10.2. The van der Waals surface area contributed by atoms with Crippen molar-refractivity contribution >= 4 is 28.3 Å². The van der Waals surface area contributed by atoms with Gasteiger partial charge >= 0.3 is 6.03 Å². The zero-order valence-electron chi connectivity index (χ0n) is 11.4. The lowest BCUT2D eigenvalue weighted by molar-refractivity contribution is 0.262. The first kappa shape index (κ1) is 13.0. The highest BCUT2D eigenvalue weighted by molar-refractivity contribution is 6.00. The number of hydrogen-bond acceptors (Lipinski definition) is 3. The molecular weight excluding hydrogens is 268 g/mol. The van der Waals surface area contributed by atoms with Crippen molar-refractivity contribution in [3.05, 3.63) is 48.7 Å². The normalized spacial score (nSPS) is 10.3. The van der Waals surface area contributed by atoms with E-state index in [9.17, 15) is 4.79 Å². The van der Waals surface area contributed by atoms with Crippen LogP contribution in [0.1, 0.15) is 0 Å². The van der Waals surface area contributed by atoms with Crippen LogP contribution in [0, 0.1) is 0 Å². The molecular formula is C15H14N4O2. The van der Waals surface area contributed by atoms with Gasteiger partial charge in [-0.05, 0) is 42.5 Å². The van der Waals surface area contributed by atoms with Gasteiger partial charge in [-0.3, -0.25) is 5.10 Å². The largest absolute Gasteiger partial charge is 0.497 e. The second-order valence-corrected chi connectivity index (χ2v) is 4.48. The minimum Gasteiger partial charge on any atom is -0.497 e. The summed E-state index contributed by atoms with van der Waals surface area (Å²) in [6.45, 7) is 0. The van der Waals surface area contributed by atoms with Crippen LogP contribution in [0.15, 0.2) is 48.7 Å². The molecule has 0 spiro atoms. The van der Waals surface area contributed by atoms with Crippen LogP contribution in [-0.2, 0) is 0 Å². The van der Waals surface area contributed by atoms with E-state index < -0.39 is 0 Å². The van der Waals surface area contributed by atoms with Gasteiger partial charge in [0.1, 0.15) is 5.75 Å². The molecule has 0 radical (unpaired) electrons. The number of nitrogens with zero attached hydrogens (tertiary/aromatic N) is 1. The fraction of sp³-hybridized carbons (Fsp3) is 0.0667. The van der Waals surface area contributed by atoms with Gasteiger partial charge in [0.15, 0.2) is 0 Å². The van der Waals surface area contributed by atoms with E-state index in [4.69, 9.17) is 4.74 Å². The Kier molecular flexibility index (Phi) is 3.42. The zero-order valence-corrected chi connectivity index (χ0v) is 11.4. The number of fused-ring (bicyclic) bond motifs is 1. The Morgan fingerprint density at radius 2 is 1.81 bits per heavy atom. The molecule has 6 nitrogen and oxygen atoms in total. The monoisotopic (exact) mass is 282 g/mol.